The summed E-state index contributed by atoms with van der Waals surface area (Å²) in [6, 6.07) is -0.152. The van der Waals surface area contributed by atoms with Crippen molar-refractivity contribution in [3.63, 3.8) is 0 Å². The molecule has 0 radical (unpaired) electrons. The normalized spacial score (nSPS) is 10.3. The first kappa shape index (κ1) is 15.1. The van der Waals surface area contributed by atoms with Crippen LogP contribution >= 0.6 is 51.2 Å². The Morgan fingerprint density at radius 2 is 2.29 bits per heavy atom. The molecule has 0 aliphatic carbocycles. The second kappa shape index (κ2) is 8.23. The Bertz CT molecular complexity index is 372. The minimum Gasteiger partial charge on any atom is -0.341 e. The molecule has 0 aliphatic rings. The molecule has 1 heterocycles. The van der Waals surface area contributed by atoms with Crippen LogP contribution < -0.4 is 10.0 Å². The number of urea groups is 1. The first-order valence-electron chi connectivity index (χ1n) is 4.93. The van der Waals surface area contributed by atoms with Gasteiger partial charge in [0.15, 0.2) is 0 Å². The molecule has 1 aromatic heterocycles. The zero-order valence-electron chi connectivity index (χ0n) is 9.58. The molecule has 2 N–H and O–H groups in total. The number of thioether (sulfide) groups is 1. The summed E-state index contributed by atoms with van der Waals surface area (Å²) >= 11 is 8.33. The van der Waals surface area contributed by atoms with Crippen molar-refractivity contribution in [3.8, 4) is 0 Å². The summed E-state index contributed by atoms with van der Waals surface area (Å²) in [5.41, 5.74) is 1.06. The van der Waals surface area contributed by atoms with Gasteiger partial charge in [-0.05, 0) is 46.3 Å². The molecule has 0 aliphatic heterocycles. The van der Waals surface area contributed by atoms with Crippen molar-refractivity contribution in [1.29, 1.82) is 0 Å². The maximum atomic E-state index is 10.9. The van der Waals surface area contributed by atoms with Crippen molar-refractivity contribution < 1.29 is 4.79 Å². The maximum Gasteiger partial charge on any atom is 0.324 e. The van der Waals surface area contributed by atoms with Gasteiger partial charge in [0, 0.05) is 29.2 Å². The van der Waals surface area contributed by atoms with Gasteiger partial charge in [0.2, 0.25) is 0 Å². The van der Waals surface area contributed by atoms with Crippen LogP contribution in [0.4, 0.5) is 4.79 Å². The lowest BCUT2D eigenvalue weighted by Gasteiger charge is -2.02. The molecule has 0 bridgehead atoms. The summed E-state index contributed by atoms with van der Waals surface area (Å²) in [5.74, 6) is 2.86. The summed E-state index contributed by atoms with van der Waals surface area (Å²) in [4.78, 5) is 12.1. The number of rotatable bonds is 6. The van der Waals surface area contributed by atoms with Gasteiger partial charge in [0.25, 0.3) is 0 Å². The van der Waals surface area contributed by atoms with E-state index in [2.05, 4.69) is 30.3 Å². The van der Waals surface area contributed by atoms with Crippen molar-refractivity contribution >= 4 is 57.2 Å². The first-order chi connectivity index (χ1) is 8.15. The molecule has 2 amide bonds. The highest BCUT2D eigenvalue weighted by atomic mass is 79.9. The van der Waals surface area contributed by atoms with Crippen molar-refractivity contribution in [3.05, 3.63) is 15.0 Å². The lowest BCUT2D eigenvalue weighted by molar-refractivity contribution is 0.248. The molecule has 0 saturated carbocycles. The predicted molar refractivity (Wildman–Crippen MR) is 80.8 cm³/mol. The van der Waals surface area contributed by atoms with Gasteiger partial charge >= 0.3 is 6.03 Å². The van der Waals surface area contributed by atoms with E-state index in [-0.39, 0.29) is 6.03 Å². The van der Waals surface area contributed by atoms with Crippen LogP contribution in [0.3, 0.4) is 0 Å². The van der Waals surface area contributed by atoms with Crippen molar-refractivity contribution in [1.82, 2.24) is 14.4 Å². The second-order valence-electron chi connectivity index (χ2n) is 3.09. The minimum absolute atomic E-state index is 0.152. The lowest BCUT2D eigenvalue weighted by atomic mass is 10.4. The number of amides is 2. The molecule has 1 aromatic rings. The van der Waals surface area contributed by atoms with E-state index in [1.807, 2.05) is 18.7 Å². The van der Waals surface area contributed by atoms with Gasteiger partial charge in [-0.15, -0.1) is 0 Å². The zero-order valence-corrected chi connectivity index (χ0v) is 13.6. The third kappa shape index (κ3) is 5.50. The van der Waals surface area contributed by atoms with Crippen LogP contribution in [0.25, 0.3) is 0 Å². The molecule has 4 nitrogen and oxygen atoms in total. The number of carbonyl (C=O) groups excluding carboxylic acids is 1. The fourth-order valence-electron chi connectivity index (χ4n) is 0.928. The van der Waals surface area contributed by atoms with Gasteiger partial charge in [-0.2, -0.15) is 16.1 Å². The molecule has 0 spiro atoms. The Morgan fingerprint density at radius 1 is 1.53 bits per heavy atom. The fraction of sp³-hybridized carbons (Fsp3) is 0.556. The highest BCUT2D eigenvalue weighted by Crippen LogP contribution is 2.28. The smallest absolute Gasteiger partial charge is 0.324 e. The van der Waals surface area contributed by atoms with Gasteiger partial charge in [-0.25, -0.2) is 4.79 Å². The van der Waals surface area contributed by atoms with Crippen LogP contribution in [0, 0.1) is 6.92 Å². The predicted octanol–water partition coefficient (Wildman–Crippen LogP) is 3.02. The summed E-state index contributed by atoms with van der Waals surface area (Å²) < 4.78 is 8.09. The average Bonchev–Trinajstić information content (AvgIpc) is 2.64. The molecule has 96 valence electrons. The third-order valence-electron chi connectivity index (χ3n) is 1.81. The average molecular weight is 356 g/mol. The molecule has 0 atom stereocenters. The summed E-state index contributed by atoms with van der Waals surface area (Å²) in [6.45, 7) is 2.00. The van der Waals surface area contributed by atoms with Crippen LogP contribution in [0.2, 0.25) is 0 Å². The van der Waals surface area contributed by atoms with Crippen LogP contribution in [0.5, 0.6) is 0 Å². The lowest BCUT2D eigenvalue weighted by Crippen LogP contribution is -2.27. The molecule has 0 aromatic carbocycles. The zero-order chi connectivity index (χ0) is 12.7. The standard InChI is InChI=1S/C9H14BrN3OS3/c1-6-8(10)7(17-12-6)5-15-3-4-16-13-9(14)11-2/h3-5H2,1-2H3,(H2,11,13,14). The van der Waals surface area contributed by atoms with Crippen LogP contribution in [0.1, 0.15) is 10.6 Å². The van der Waals surface area contributed by atoms with E-state index in [9.17, 15) is 4.79 Å². The number of hydrogen-bond donors (Lipinski definition) is 2. The SMILES string of the molecule is CNC(=O)NSCCSCc1snc(C)c1Br. The molecule has 0 fully saturated rings. The van der Waals surface area contributed by atoms with Crippen LogP contribution in [-0.2, 0) is 5.75 Å². The van der Waals surface area contributed by atoms with E-state index in [0.29, 0.717) is 0 Å². The summed E-state index contributed by atoms with van der Waals surface area (Å²) in [5, 5.41) is 2.50. The quantitative estimate of drug-likeness (QED) is 0.608. The number of aromatic nitrogens is 1. The van der Waals surface area contributed by atoms with E-state index < -0.39 is 0 Å². The Balaban J connectivity index is 2.09. The largest absolute Gasteiger partial charge is 0.341 e. The first-order valence-corrected chi connectivity index (χ1v) is 8.63. The van der Waals surface area contributed by atoms with E-state index in [1.165, 1.54) is 16.8 Å². The maximum absolute atomic E-state index is 10.9. The Kier molecular flexibility index (Phi) is 7.33. The Labute approximate surface area is 122 Å². The topological polar surface area (TPSA) is 54.0 Å². The molecule has 17 heavy (non-hydrogen) atoms. The molecule has 1 rings (SSSR count). The van der Waals surface area contributed by atoms with E-state index in [4.69, 9.17) is 0 Å². The van der Waals surface area contributed by atoms with Gasteiger partial charge < -0.3 is 5.32 Å². The monoisotopic (exact) mass is 355 g/mol. The second-order valence-corrected chi connectivity index (χ2v) is 6.74. The number of aryl methyl sites for hydroxylation is 1. The third-order valence-corrected chi connectivity index (χ3v) is 6.22. The van der Waals surface area contributed by atoms with Crippen molar-refractivity contribution in [2.24, 2.45) is 0 Å². The van der Waals surface area contributed by atoms with Crippen LogP contribution in [-0.4, -0.2) is 29.0 Å². The van der Waals surface area contributed by atoms with Gasteiger partial charge in [-0.3, -0.25) is 4.72 Å². The highest BCUT2D eigenvalue weighted by Gasteiger charge is 2.07. The van der Waals surface area contributed by atoms with Gasteiger partial charge in [0.1, 0.15) is 0 Å². The Morgan fingerprint density at radius 3 is 2.88 bits per heavy atom. The van der Waals surface area contributed by atoms with E-state index >= 15 is 0 Å². The molecule has 0 unspecified atom stereocenters. The number of carbonyl (C=O) groups is 1. The number of halogens is 1. The minimum atomic E-state index is -0.152. The molecular formula is C9H14BrN3OS3. The fourth-order valence-corrected chi connectivity index (χ4v) is 4.32. The number of hydrogen-bond acceptors (Lipinski definition) is 5. The highest BCUT2D eigenvalue weighted by molar-refractivity contribution is 9.10. The van der Waals surface area contributed by atoms with Gasteiger partial charge in [0.05, 0.1) is 10.2 Å². The molecule has 8 heteroatoms. The molecule has 0 saturated heterocycles. The van der Waals surface area contributed by atoms with Crippen molar-refractivity contribution in [2.45, 2.75) is 12.7 Å². The number of nitrogens with zero attached hydrogens (tertiary/aromatic N) is 1. The number of nitrogens with one attached hydrogen (secondary N) is 2. The van der Waals surface area contributed by atoms with E-state index in [0.717, 1.165) is 27.4 Å². The van der Waals surface area contributed by atoms with Crippen molar-refractivity contribution in [2.75, 3.05) is 18.6 Å². The summed E-state index contributed by atoms with van der Waals surface area (Å²) in [6.07, 6.45) is 0. The van der Waals surface area contributed by atoms with Crippen LogP contribution in [0.15, 0.2) is 4.47 Å². The van der Waals surface area contributed by atoms with E-state index in [1.54, 1.807) is 18.6 Å². The molecular weight excluding hydrogens is 342 g/mol. The van der Waals surface area contributed by atoms with Gasteiger partial charge in [-0.1, -0.05) is 0 Å². The Hall–Kier alpha value is 0.0800. The summed E-state index contributed by atoms with van der Waals surface area (Å²) in [7, 11) is 1.61.